The van der Waals surface area contributed by atoms with Crippen molar-refractivity contribution in [3.8, 4) is 11.4 Å². The Balaban J connectivity index is 1.58. The van der Waals surface area contributed by atoms with Crippen LogP contribution in [0.2, 0.25) is 0 Å². The average molecular weight is 451 g/mol. The van der Waals surface area contributed by atoms with E-state index < -0.39 is 5.82 Å². The van der Waals surface area contributed by atoms with Crippen LogP contribution in [0.15, 0.2) is 43.0 Å². The maximum atomic E-state index is 14.5. The van der Waals surface area contributed by atoms with E-state index in [2.05, 4.69) is 51.5 Å². The molecule has 33 heavy (non-hydrogen) atoms. The highest BCUT2D eigenvalue weighted by molar-refractivity contribution is 5.63. The molecule has 0 radical (unpaired) electrons. The lowest BCUT2D eigenvalue weighted by atomic mass is 9.92. The molecule has 0 saturated heterocycles. The molecule has 0 aliphatic heterocycles. The number of benzene rings is 1. The van der Waals surface area contributed by atoms with E-state index in [0.717, 1.165) is 23.3 Å². The molecule has 2 N–H and O–H groups in total. The SMILES string of the molecule is COc1cc(Nc2ncc(F)c(Nc3cc(C(C)(C)C)nn3C)n2)ccc1-n1cnc(C)c1. The predicted molar refractivity (Wildman–Crippen MR) is 125 cm³/mol. The quantitative estimate of drug-likeness (QED) is 0.442. The number of hydrogen-bond donors (Lipinski definition) is 2. The second-order valence-corrected chi connectivity index (χ2v) is 8.74. The minimum Gasteiger partial charge on any atom is -0.494 e. The Morgan fingerprint density at radius 1 is 1.09 bits per heavy atom. The Morgan fingerprint density at radius 3 is 2.52 bits per heavy atom. The number of aromatic nitrogens is 6. The van der Waals surface area contributed by atoms with Crippen molar-refractivity contribution in [2.75, 3.05) is 17.7 Å². The van der Waals surface area contributed by atoms with Crippen LogP contribution in [0.4, 0.5) is 27.7 Å². The molecular formula is C23H27FN8O. The molecule has 10 heteroatoms. The summed E-state index contributed by atoms with van der Waals surface area (Å²) >= 11 is 0. The first-order valence-electron chi connectivity index (χ1n) is 10.4. The van der Waals surface area contributed by atoms with Crippen molar-refractivity contribution >= 4 is 23.3 Å². The smallest absolute Gasteiger partial charge is 0.229 e. The minimum absolute atomic E-state index is 0.0495. The van der Waals surface area contributed by atoms with Gasteiger partial charge in [0.05, 0.1) is 36.7 Å². The van der Waals surface area contributed by atoms with Gasteiger partial charge in [0, 0.05) is 36.5 Å². The van der Waals surface area contributed by atoms with Crippen molar-refractivity contribution in [3.63, 3.8) is 0 Å². The predicted octanol–water partition coefficient (Wildman–Crippen LogP) is 4.64. The fourth-order valence-corrected chi connectivity index (χ4v) is 3.24. The van der Waals surface area contributed by atoms with Crippen molar-refractivity contribution in [1.29, 1.82) is 0 Å². The second-order valence-electron chi connectivity index (χ2n) is 8.74. The molecule has 3 heterocycles. The second kappa shape index (κ2) is 8.53. The topological polar surface area (TPSA) is 94.7 Å². The monoisotopic (exact) mass is 450 g/mol. The maximum absolute atomic E-state index is 14.5. The first-order valence-corrected chi connectivity index (χ1v) is 10.4. The van der Waals surface area contributed by atoms with Crippen LogP contribution in [0, 0.1) is 12.7 Å². The van der Waals surface area contributed by atoms with E-state index in [1.807, 2.05) is 42.0 Å². The van der Waals surface area contributed by atoms with Crippen LogP contribution >= 0.6 is 0 Å². The Morgan fingerprint density at radius 2 is 1.88 bits per heavy atom. The number of anilines is 4. The Labute approximate surface area is 191 Å². The van der Waals surface area contributed by atoms with E-state index in [4.69, 9.17) is 4.74 Å². The maximum Gasteiger partial charge on any atom is 0.229 e. The summed E-state index contributed by atoms with van der Waals surface area (Å²) in [7, 11) is 3.40. The van der Waals surface area contributed by atoms with Gasteiger partial charge < -0.3 is 19.9 Å². The van der Waals surface area contributed by atoms with E-state index in [9.17, 15) is 4.39 Å². The fourth-order valence-electron chi connectivity index (χ4n) is 3.24. The summed E-state index contributed by atoms with van der Waals surface area (Å²) in [4.78, 5) is 12.6. The molecule has 0 atom stereocenters. The molecule has 0 bridgehead atoms. The van der Waals surface area contributed by atoms with Crippen LogP contribution in [0.5, 0.6) is 5.75 Å². The van der Waals surface area contributed by atoms with Gasteiger partial charge in [0.1, 0.15) is 11.6 Å². The van der Waals surface area contributed by atoms with Crippen LogP contribution in [0.1, 0.15) is 32.2 Å². The third-order valence-corrected chi connectivity index (χ3v) is 5.06. The van der Waals surface area contributed by atoms with E-state index >= 15 is 0 Å². The molecule has 1 aromatic carbocycles. The van der Waals surface area contributed by atoms with Gasteiger partial charge >= 0.3 is 0 Å². The van der Waals surface area contributed by atoms with E-state index in [1.54, 1.807) is 25.2 Å². The lowest BCUT2D eigenvalue weighted by Gasteiger charge is -2.13. The Hall–Kier alpha value is -3.95. The van der Waals surface area contributed by atoms with Gasteiger partial charge in [0.2, 0.25) is 5.95 Å². The summed E-state index contributed by atoms with van der Waals surface area (Å²) in [6, 6.07) is 7.47. The number of imidazole rings is 1. The molecule has 0 fully saturated rings. The number of nitrogens with zero attached hydrogens (tertiary/aromatic N) is 6. The third-order valence-electron chi connectivity index (χ3n) is 5.06. The summed E-state index contributed by atoms with van der Waals surface area (Å²) in [5, 5.41) is 10.6. The molecule has 4 rings (SSSR count). The van der Waals surface area contributed by atoms with Gasteiger partial charge in [-0.25, -0.2) is 14.4 Å². The van der Waals surface area contributed by atoms with E-state index in [0.29, 0.717) is 17.3 Å². The largest absolute Gasteiger partial charge is 0.494 e. The summed E-state index contributed by atoms with van der Waals surface area (Å²) in [5.41, 5.74) is 3.20. The summed E-state index contributed by atoms with van der Waals surface area (Å²) in [5.74, 6) is 0.994. The fraction of sp³-hybridized carbons (Fsp3) is 0.304. The van der Waals surface area contributed by atoms with Gasteiger partial charge in [-0.1, -0.05) is 20.8 Å². The molecule has 172 valence electrons. The highest BCUT2D eigenvalue weighted by Crippen LogP contribution is 2.29. The molecule has 0 unspecified atom stereocenters. The molecule has 9 nitrogen and oxygen atoms in total. The number of methoxy groups -OCH3 is 1. The van der Waals surface area contributed by atoms with Gasteiger partial charge in [-0.3, -0.25) is 4.68 Å². The van der Waals surface area contributed by atoms with Crippen LogP contribution in [-0.2, 0) is 12.5 Å². The lowest BCUT2D eigenvalue weighted by Crippen LogP contribution is -2.12. The number of halogens is 1. The first kappa shape index (κ1) is 22.3. The van der Waals surface area contributed by atoms with Gasteiger partial charge in [0.25, 0.3) is 0 Å². The van der Waals surface area contributed by atoms with Crippen molar-refractivity contribution < 1.29 is 9.13 Å². The van der Waals surface area contributed by atoms with Crippen LogP contribution in [0.3, 0.4) is 0 Å². The zero-order valence-electron chi connectivity index (χ0n) is 19.5. The van der Waals surface area contributed by atoms with Gasteiger partial charge in [-0.2, -0.15) is 10.1 Å². The summed E-state index contributed by atoms with van der Waals surface area (Å²) < 4.78 is 23.5. The van der Waals surface area contributed by atoms with Crippen LogP contribution in [-0.4, -0.2) is 36.4 Å². The van der Waals surface area contributed by atoms with Crippen molar-refractivity contribution in [2.24, 2.45) is 7.05 Å². The zero-order chi connectivity index (χ0) is 23.8. The van der Waals surface area contributed by atoms with Crippen molar-refractivity contribution in [3.05, 3.63) is 60.2 Å². The molecule has 0 saturated carbocycles. The normalized spacial score (nSPS) is 11.5. The standard InChI is InChI=1S/C23H27FN8O/c1-14-12-32(13-26-14)17-8-7-15(9-18(17)33-6)27-22-25-11-16(24)21(29-22)28-20-10-19(23(2,3)4)30-31(20)5/h7-13H,1-6H3,(H2,25,27,28,29). The van der Waals surface area contributed by atoms with E-state index in [-0.39, 0.29) is 17.2 Å². The Bertz CT molecular complexity index is 1290. The highest BCUT2D eigenvalue weighted by Gasteiger charge is 2.20. The Kier molecular flexibility index (Phi) is 5.75. The molecule has 0 aliphatic rings. The van der Waals surface area contributed by atoms with Gasteiger partial charge in [-0.15, -0.1) is 0 Å². The van der Waals surface area contributed by atoms with Gasteiger partial charge in [0.15, 0.2) is 11.6 Å². The third kappa shape index (κ3) is 4.79. The summed E-state index contributed by atoms with van der Waals surface area (Å²) in [6.45, 7) is 8.13. The van der Waals surface area contributed by atoms with Crippen LogP contribution in [0.25, 0.3) is 5.69 Å². The lowest BCUT2D eigenvalue weighted by molar-refractivity contribution is 0.413. The van der Waals surface area contributed by atoms with Crippen molar-refractivity contribution in [1.82, 2.24) is 29.3 Å². The summed E-state index contributed by atoms with van der Waals surface area (Å²) in [6.07, 6.45) is 4.76. The number of rotatable bonds is 6. The molecular weight excluding hydrogens is 423 g/mol. The van der Waals surface area contributed by atoms with Crippen molar-refractivity contribution in [2.45, 2.75) is 33.1 Å². The van der Waals surface area contributed by atoms with E-state index in [1.165, 1.54) is 0 Å². The minimum atomic E-state index is -0.567. The first-order chi connectivity index (χ1) is 15.6. The molecule has 4 aromatic rings. The molecule has 0 spiro atoms. The number of aryl methyl sites for hydroxylation is 2. The van der Waals surface area contributed by atoms with Crippen LogP contribution < -0.4 is 15.4 Å². The number of nitrogens with one attached hydrogen (secondary N) is 2. The highest BCUT2D eigenvalue weighted by atomic mass is 19.1. The molecule has 0 amide bonds. The average Bonchev–Trinajstić information content (AvgIpc) is 3.36. The number of hydrogen-bond acceptors (Lipinski definition) is 7. The van der Waals surface area contributed by atoms with Gasteiger partial charge in [-0.05, 0) is 19.1 Å². The molecule has 3 aromatic heterocycles. The molecule has 0 aliphatic carbocycles. The zero-order valence-corrected chi connectivity index (χ0v) is 19.5. The number of ether oxygens (including phenoxy) is 1.